The molecule has 0 unspecified atom stereocenters. The Morgan fingerprint density at radius 1 is 1.16 bits per heavy atom. The van der Waals surface area contributed by atoms with Gasteiger partial charge in [0.1, 0.15) is 6.61 Å². The Bertz CT molecular complexity index is 738. The second-order valence-corrected chi connectivity index (χ2v) is 12.4. The molecule has 0 aliphatic heterocycles. The third-order valence-corrected chi connectivity index (χ3v) is 11.0. The van der Waals surface area contributed by atoms with Gasteiger partial charge in [-0.1, -0.05) is 39.3 Å². The first-order valence-electron chi connectivity index (χ1n) is 13.0. The van der Waals surface area contributed by atoms with Crippen molar-refractivity contribution in [2.75, 3.05) is 13.2 Å². The zero-order valence-corrected chi connectivity index (χ0v) is 20.4. The summed E-state index contributed by atoms with van der Waals surface area (Å²) < 4.78 is 27.9. The molecule has 0 heterocycles. The number of aliphatic hydroxyl groups is 3. The number of rotatable bonds is 6. The highest BCUT2D eigenvalue weighted by molar-refractivity contribution is 5.28. The summed E-state index contributed by atoms with van der Waals surface area (Å²) in [5.74, 6) is -1.23. The van der Waals surface area contributed by atoms with E-state index in [0.717, 1.165) is 38.5 Å². The maximum Gasteiger partial charge on any atom is 0.270 e. The van der Waals surface area contributed by atoms with Crippen LogP contribution in [-0.4, -0.2) is 40.1 Å². The van der Waals surface area contributed by atoms with Gasteiger partial charge in [-0.05, 0) is 91.8 Å². The summed E-state index contributed by atoms with van der Waals surface area (Å²) >= 11 is 0. The first kappa shape index (κ1) is 24.6. The van der Waals surface area contributed by atoms with Crippen molar-refractivity contribution >= 4 is 0 Å². The number of hydrogen-bond donors (Lipinski definition) is 3. The molecule has 4 aliphatic carbocycles. The van der Waals surface area contributed by atoms with Crippen molar-refractivity contribution in [1.29, 1.82) is 0 Å². The Morgan fingerprint density at radius 3 is 2.50 bits per heavy atom. The van der Waals surface area contributed by atoms with Gasteiger partial charge in [0.15, 0.2) is 0 Å². The number of fused-ring (bicyclic) bond motifs is 5. The van der Waals surface area contributed by atoms with Gasteiger partial charge in [-0.15, -0.1) is 0 Å². The Kier molecular flexibility index (Phi) is 6.38. The third-order valence-electron chi connectivity index (χ3n) is 11.0. The summed E-state index contributed by atoms with van der Waals surface area (Å²) in [7, 11) is 0. The topological polar surface area (TPSA) is 60.7 Å². The van der Waals surface area contributed by atoms with Crippen LogP contribution in [0.1, 0.15) is 85.5 Å². The van der Waals surface area contributed by atoms with Crippen molar-refractivity contribution in [1.82, 2.24) is 0 Å². The van der Waals surface area contributed by atoms with Crippen molar-refractivity contribution in [3.8, 4) is 0 Å². The van der Waals surface area contributed by atoms with Crippen LogP contribution in [0.5, 0.6) is 0 Å². The Labute approximate surface area is 192 Å². The van der Waals surface area contributed by atoms with Crippen LogP contribution < -0.4 is 0 Å². The summed E-state index contributed by atoms with van der Waals surface area (Å²) in [4.78, 5) is 0. The van der Waals surface area contributed by atoms with E-state index >= 15 is 0 Å². The minimum absolute atomic E-state index is 0.0205. The zero-order chi connectivity index (χ0) is 23.5. The molecule has 0 aromatic heterocycles. The lowest BCUT2D eigenvalue weighted by molar-refractivity contribution is -0.117. The van der Waals surface area contributed by atoms with Crippen molar-refractivity contribution in [2.24, 2.45) is 46.3 Å². The maximum atomic E-state index is 14.0. The molecule has 32 heavy (non-hydrogen) atoms. The average Bonchev–Trinajstić information content (AvgIpc) is 3.11. The number of aliphatic hydroxyl groups excluding tert-OH is 2. The van der Waals surface area contributed by atoms with E-state index in [1.807, 2.05) is 13.8 Å². The smallest absolute Gasteiger partial charge is 0.270 e. The highest BCUT2D eigenvalue weighted by atomic mass is 19.3. The predicted molar refractivity (Wildman–Crippen MR) is 122 cm³/mol. The number of hydrogen-bond acceptors (Lipinski definition) is 3. The quantitative estimate of drug-likeness (QED) is 0.459. The third kappa shape index (κ3) is 3.69. The molecule has 3 nitrogen and oxygen atoms in total. The molecule has 0 aromatic rings. The predicted octanol–water partition coefficient (Wildman–Crippen LogP) is 5.58. The van der Waals surface area contributed by atoms with Crippen LogP contribution in [0.4, 0.5) is 8.78 Å². The fraction of sp³-hybridized carbons (Fsp3) is 0.926. The largest absolute Gasteiger partial charge is 0.396 e. The second kappa shape index (κ2) is 8.30. The van der Waals surface area contributed by atoms with Crippen LogP contribution in [0.3, 0.4) is 0 Å². The molecule has 0 bridgehead atoms. The van der Waals surface area contributed by atoms with Gasteiger partial charge in [-0.3, -0.25) is 0 Å². The maximum absolute atomic E-state index is 14.0. The molecule has 0 spiro atoms. The summed E-state index contributed by atoms with van der Waals surface area (Å²) in [6.07, 6.45) is 9.69. The number of alkyl halides is 2. The van der Waals surface area contributed by atoms with E-state index in [4.69, 9.17) is 5.11 Å². The Morgan fingerprint density at radius 2 is 1.88 bits per heavy atom. The fourth-order valence-corrected chi connectivity index (χ4v) is 9.19. The van der Waals surface area contributed by atoms with E-state index in [1.54, 1.807) is 0 Å². The first-order valence-corrected chi connectivity index (χ1v) is 13.0. The molecule has 0 radical (unpaired) electrons. The molecule has 3 saturated carbocycles. The minimum Gasteiger partial charge on any atom is -0.396 e. The average molecular weight is 455 g/mol. The van der Waals surface area contributed by atoms with Gasteiger partial charge in [0.2, 0.25) is 0 Å². The second-order valence-electron chi connectivity index (χ2n) is 12.4. The highest BCUT2D eigenvalue weighted by Crippen LogP contribution is 2.68. The van der Waals surface area contributed by atoms with Gasteiger partial charge in [-0.2, -0.15) is 0 Å². The number of allylic oxidation sites excluding steroid dienone is 1. The molecule has 3 N–H and O–H groups in total. The van der Waals surface area contributed by atoms with E-state index in [2.05, 4.69) is 19.9 Å². The molecule has 4 aliphatic rings. The fourth-order valence-electron chi connectivity index (χ4n) is 9.19. The van der Waals surface area contributed by atoms with Crippen molar-refractivity contribution < 1.29 is 24.1 Å². The zero-order valence-electron chi connectivity index (χ0n) is 20.4. The summed E-state index contributed by atoms with van der Waals surface area (Å²) in [6.45, 7) is 7.68. The lowest BCUT2D eigenvalue weighted by Crippen LogP contribution is -2.55. The highest BCUT2D eigenvalue weighted by Gasteiger charge is 2.61. The van der Waals surface area contributed by atoms with Crippen LogP contribution in [0.15, 0.2) is 11.6 Å². The van der Waals surface area contributed by atoms with E-state index < -0.39 is 18.1 Å². The van der Waals surface area contributed by atoms with Gasteiger partial charge in [0.25, 0.3) is 5.92 Å². The Hall–Kier alpha value is -0.520. The molecule has 0 amide bonds. The van der Waals surface area contributed by atoms with Crippen LogP contribution >= 0.6 is 0 Å². The molecule has 0 saturated heterocycles. The molecule has 184 valence electrons. The summed E-state index contributed by atoms with van der Waals surface area (Å²) in [5, 5.41) is 30.4. The van der Waals surface area contributed by atoms with Gasteiger partial charge >= 0.3 is 0 Å². The molecule has 0 aromatic carbocycles. The molecular weight excluding hydrogens is 410 g/mol. The molecule has 3 fully saturated rings. The molecular formula is C27H44F2O3. The number of halogens is 2. The SMILES string of the molecule is CC[C@@]1(O)CC2=CC[C@H]3[C@@H]4CC[C@H]([C@H](C)CC(F)(F)CO)[C@@]4(C)CC[C@@H]3[C@@]2(C)C[C@@H]1CO. The normalized spacial score (nSPS) is 47.3. The van der Waals surface area contributed by atoms with Crippen LogP contribution in [0, 0.1) is 46.3 Å². The van der Waals surface area contributed by atoms with Gasteiger partial charge in [-0.25, -0.2) is 8.78 Å². The van der Waals surface area contributed by atoms with E-state index in [-0.39, 0.29) is 41.6 Å². The van der Waals surface area contributed by atoms with Crippen molar-refractivity contribution in [3.63, 3.8) is 0 Å². The lowest BCUT2D eigenvalue weighted by Gasteiger charge is -2.60. The van der Waals surface area contributed by atoms with Crippen molar-refractivity contribution in [2.45, 2.75) is 97.0 Å². The van der Waals surface area contributed by atoms with Crippen molar-refractivity contribution in [3.05, 3.63) is 11.6 Å². The molecule has 5 heteroatoms. The monoisotopic (exact) mass is 454 g/mol. The van der Waals surface area contributed by atoms with E-state index in [1.165, 1.54) is 5.57 Å². The lowest BCUT2D eigenvalue weighted by atomic mass is 9.45. The first-order chi connectivity index (χ1) is 14.9. The van der Waals surface area contributed by atoms with Gasteiger partial charge < -0.3 is 15.3 Å². The molecule has 9 atom stereocenters. The summed E-state index contributed by atoms with van der Waals surface area (Å²) in [6, 6.07) is 0. The van der Waals surface area contributed by atoms with Gasteiger partial charge in [0, 0.05) is 18.9 Å². The van der Waals surface area contributed by atoms with E-state index in [0.29, 0.717) is 30.6 Å². The van der Waals surface area contributed by atoms with Crippen LogP contribution in [0.2, 0.25) is 0 Å². The summed E-state index contributed by atoms with van der Waals surface area (Å²) in [5.41, 5.74) is 0.694. The standard InChI is InChI=1S/C27H44F2O3/c1-5-26(32)14-18-6-7-20-22-9-8-21(17(2)12-27(28,29)16-31)24(22,3)11-10-23(20)25(18,4)13-19(26)15-30/h6,17,19-23,30-32H,5,7-16H2,1-4H3/t17-,19-,20+,21-,22+,23+,24-,25+,26-/m1/s1. The van der Waals surface area contributed by atoms with Gasteiger partial charge in [0.05, 0.1) is 5.60 Å². The van der Waals surface area contributed by atoms with E-state index in [9.17, 15) is 19.0 Å². The van der Waals surface area contributed by atoms with Crippen LogP contribution in [0.25, 0.3) is 0 Å². The Balaban J connectivity index is 1.58. The minimum atomic E-state index is -2.99. The molecule has 4 rings (SSSR count). The van der Waals surface area contributed by atoms with Crippen LogP contribution in [-0.2, 0) is 0 Å².